The Balaban J connectivity index is 2.08. The van der Waals surface area contributed by atoms with Crippen molar-refractivity contribution in [1.29, 1.82) is 0 Å². The highest BCUT2D eigenvalue weighted by Gasteiger charge is 2.33. The number of amides is 1. The van der Waals surface area contributed by atoms with Crippen molar-refractivity contribution < 1.29 is 4.79 Å². The van der Waals surface area contributed by atoms with E-state index in [2.05, 4.69) is 21.2 Å². The van der Waals surface area contributed by atoms with Crippen molar-refractivity contribution in [2.75, 3.05) is 5.73 Å². The van der Waals surface area contributed by atoms with Gasteiger partial charge < -0.3 is 11.1 Å². The average molecular weight is 311 g/mol. The van der Waals surface area contributed by atoms with Crippen LogP contribution in [0.25, 0.3) is 0 Å². The molecule has 2 rings (SSSR count). The molecule has 1 amide bonds. The Morgan fingerprint density at radius 1 is 1.33 bits per heavy atom. The molecule has 0 saturated heterocycles. The molecule has 0 aliphatic heterocycles. The lowest BCUT2D eigenvalue weighted by Gasteiger charge is -2.24. The van der Waals surface area contributed by atoms with Crippen molar-refractivity contribution in [2.45, 2.75) is 43.0 Å². The maximum Gasteiger partial charge on any atom is 0.241 e. The molecule has 98 valence electrons. The van der Waals surface area contributed by atoms with Gasteiger partial charge in [-0.1, -0.05) is 40.9 Å². The monoisotopic (exact) mass is 310 g/mol. The Morgan fingerprint density at radius 2 is 1.89 bits per heavy atom. The number of alkyl halides is 1. The van der Waals surface area contributed by atoms with Gasteiger partial charge in [-0.05, 0) is 37.5 Å². The van der Waals surface area contributed by atoms with Gasteiger partial charge in [0.15, 0.2) is 0 Å². The molecular formula is C14H19BrN2O. The van der Waals surface area contributed by atoms with Crippen LogP contribution in [0.5, 0.6) is 0 Å². The van der Waals surface area contributed by atoms with Crippen molar-refractivity contribution in [1.82, 2.24) is 5.32 Å². The number of benzene rings is 1. The Morgan fingerprint density at radius 3 is 2.44 bits per heavy atom. The Labute approximate surface area is 116 Å². The lowest BCUT2D eigenvalue weighted by molar-refractivity contribution is -0.123. The molecule has 3 nitrogen and oxygen atoms in total. The maximum atomic E-state index is 12.3. The van der Waals surface area contributed by atoms with Gasteiger partial charge in [-0.2, -0.15) is 0 Å². The first kappa shape index (κ1) is 13.4. The van der Waals surface area contributed by atoms with Crippen molar-refractivity contribution in [3.05, 3.63) is 29.8 Å². The summed E-state index contributed by atoms with van der Waals surface area (Å²) >= 11 is 3.53. The molecular weight excluding hydrogens is 292 g/mol. The summed E-state index contributed by atoms with van der Waals surface area (Å²) in [6.45, 7) is 1.88. The number of hydrogen-bond donors (Lipinski definition) is 2. The van der Waals surface area contributed by atoms with Gasteiger partial charge in [0.2, 0.25) is 5.91 Å². The summed E-state index contributed by atoms with van der Waals surface area (Å²) in [7, 11) is 0. The number of carbonyl (C=O) groups excluding carboxylic acids is 1. The van der Waals surface area contributed by atoms with Gasteiger partial charge in [0.1, 0.15) is 4.32 Å². The Kier molecular flexibility index (Phi) is 3.95. The molecule has 1 saturated carbocycles. The number of nitrogens with one attached hydrogen (secondary N) is 1. The van der Waals surface area contributed by atoms with Crippen LogP contribution >= 0.6 is 15.9 Å². The second-order valence-corrected chi connectivity index (χ2v) is 6.67. The molecule has 3 N–H and O–H groups in total. The molecule has 0 radical (unpaired) electrons. The predicted molar refractivity (Wildman–Crippen MR) is 77.5 cm³/mol. The van der Waals surface area contributed by atoms with Gasteiger partial charge in [0.25, 0.3) is 0 Å². The van der Waals surface area contributed by atoms with E-state index in [4.69, 9.17) is 5.73 Å². The van der Waals surface area contributed by atoms with Gasteiger partial charge >= 0.3 is 0 Å². The SMILES string of the molecule is CC(Br)(C(=O)NC1CCCC1)c1ccc(N)cc1. The topological polar surface area (TPSA) is 55.1 Å². The molecule has 0 heterocycles. The normalized spacial score (nSPS) is 19.4. The van der Waals surface area contributed by atoms with Crippen molar-refractivity contribution in [3.8, 4) is 0 Å². The molecule has 18 heavy (non-hydrogen) atoms. The molecule has 1 aromatic carbocycles. The highest BCUT2D eigenvalue weighted by atomic mass is 79.9. The fourth-order valence-electron chi connectivity index (χ4n) is 2.32. The number of carbonyl (C=O) groups is 1. The minimum atomic E-state index is -0.691. The van der Waals surface area contributed by atoms with E-state index in [9.17, 15) is 4.79 Å². The van der Waals surface area contributed by atoms with Crippen LogP contribution in [0.4, 0.5) is 5.69 Å². The van der Waals surface area contributed by atoms with E-state index < -0.39 is 4.32 Å². The summed E-state index contributed by atoms with van der Waals surface area (Å²) < 4.78 is -0.691. The molecule has 1 fully saturated rings. The van der Waals surface area contributed by atoms with Crippen LogP contribution in [-0.4, -0.2) is 11.9 Å². The Hall–Kier alpha value is -1.03. The van der Waals surface area contributed by atoms with E-state index in [0.29, 0.717) is 11.7 Å². The van der Waals surface area contributed by atoms with Gasteiger partial charge in [0, 0.05) is 11.7 Å². The molecule has 0 aromatic heterocycles. The average Bonchev–Trinajstić information content (AvgIpc) is 2.82. The van der Waals surface area contributed by atoms with Gasteiger partial charge in [-0.25, -0.2) is 0 Å². The van der Waals surface area contributed by atoms with E-state index in [0.717, 1.165) is 18.4 Å². The number of nitrogen functional groups attached to an aromatic ring is 1. The third-order valence-electron chi connectivity index (χ3n) is 3.57. The summed E-state index contributed by atoms with van der Waals surface area (Å²) in [5.74, 6) is 0.0270. The van der Waals surface area contributed by atoms with E-state index >= 15 is 0 Å². The number of halogens is 1. The van der Waals surface area contributed by atoms with Gasteiger partial charge in [0.05, 0.1) is 0 Å². The lowest BCUT2D eigenvalue weighted by atomic mass is 9.99. The summed E-state index contributed by atoms with van der Waals surface area (Å²) in [6, 6.07) is 7.74. The van der Waals surface area contributed by atoms with Crippen LogP contribution in [0.2, 0.25) is 0 Å². The van der Waals surface area contributed by atoms with E-state index in [-0.39, 0.29) is 5.91 Å². The Bertz CT molecular complexity index is 422. The lowest BCUT2D eigenvalue weighted by Crippen LogP contribution is -2.42. The van der Waals surface area contributed by atoms with E-state index in [1.165, 1.54) is 12.8 Å². The van der Waals surface area contributed by atoms with Crippen LogP contribution in [-0.2, 0) is 9.12 Å². The first-order chi connectivity index (χ1) is 8.50. The van der Waals surface area contributed by atoms with Crippen molar-refractivity contribution >= 4 is 27.5 Å². The van der Waals surface area contributed by atoms with Crippen molar-refractivity contribution in [3.63, 3.8) is 0 Å². The fourth-order valence-corrected chi connectivity index (χ4v) is 2.70. The molecule has 0 bridgehead atoms. The molecule has 1 atom stereocenters. The zero-order valence-electron chi connectivity index (χ0n) is 10.6. The third-order valence-corrected chi connectivity index (χ3v) is 4.39. The summed E-state index contributed by atoms with van der Waals surface area (Å²) in [5.41, 5.74) is 7.29. The molecule has 4 heteroatoms. The van der Waals surface area contributed by atoms with Gasteiger partial charge in [-0.3, -0.25) is 4.79 Å². The minimum absolute atomic E-state index is 0.0270. The minimum Gasteiger partial charge on any atom is -0.399 e. The van der Waals surface area contributed by atoms with E-state index in [1.807, 2.05) is 31.2 Å². The second-order valence-electron chi connectivity index (χ2n) is 5.08. The van der Waals surface area contributed by atoms with Gasteiger partial charge in [-0.15, -0.1) is 0 Å². The molecule has 1 aliphatic carbocycles. The maximum absolute atomic E-state index is 12.3. The van der Waals surface area contributed by atoms with Crippen LogP contribution in [0.3, 0.4) is 0 Å². The molecule has 1 aliphatic rings. The van der Waals surface area contributed by atoms with Crippen LogP contribution in [0.15, 0.2) is 24.3 Å². The zero-order chi connectivity index (χ0) is 13.2. The summed E-state index contributed by atoms with van der Waals surface area (Å²) in [4.78, 5) is 12.3. The first-order valence-corrected chi connectivity index (χ1v) is 7.15. The van der Waals surface area contributed by atoms with Crippen molar-refractivity contribution in [2.24, 2.45) is 0 Å². The fraction of sp³-hybridized carbons (Fsp3) is 0.500. The number of anilines is 1. The third kappa shape index (κ3) is 2.86. The standard InChI is InChI=1S/C14H19BrN2O/c1-14(15,10-6-8-11(16)9-7-10)13(18)17-12-4-2-3-5-12/h6-9,12H,2-5,16H2,1H3,(H,17,18). The highest BCUT2D eigenvalue weighted by molar-refractivity contribution is 9.10. The summed E-state index contributed by atoms with van der Waals surface area (Å²) in [5, 5.41) is 3.12. The second kappa shape index (κ2) is 5.31. The highest BCUT2D eigenvalue weighted by Crippen LogP contribution is 2.32. The smallest absolute Gasteiger partial charge is 0.241 e. The van der Waals surface area contributed by atoms with Crippen LogP contribution in [0, 0.1) is 0 Å². The largest absolute Gasteiger partial charge is 0.399 e. The zero-order valence-corrected chi connectivity index (χ0v) is 12.2. The number of nitrogens with two attached hydrogens (primary N) is 1. The predicted octanol–water partition coefficient (Wildman–Crippen LogP) is 2.94. The first-order valence-electron chi connectivity index (χ1n) is 6.36. The van der Waals surface area contributed by atoms with Crippen LogP contribution in [0.1, 0.15) is 38.2 Å². The molecule has 1 aromatic rings. The molecule has 0 spiro atoms. The van der Waals surface area contributed by atoms with Crippen LogP contribution < -0.4 is 11.1 Å². The number of rotatable bonds is 3. The quantitative estimate of drug-likeness (QED) is 0.666. The number of hydrogen-bond acceptors (Lipinski definition) is 2. The van der Waals surface area contributed by atoms with E-state index in [1.54, 1.807) is 0 Å². The summed E-state index contributed by atoms with van der Waals surface area (Å²) in [6.07, 6.45) is 4.62. The molecule has 1 unspecified atom stereocenters.